The molecule has 0 bridgehead atoms. The third-order valence-corrected chi connectivity index (χ3v) is 8.28. The Hall–Kier alpha value is -3.16. The number of aryl methyl sites for hydroxylation is 2. The van der Waals surface area contributed by atoms with E-state index in [-0.39, 0.29) is 23.3 Å². The van der Waals surface area contributed by atoms with E-state index in [1.807, 2.05) is 55.5 Å². The summed E-state index contributed by atoms with van der Waals surface area (Å²) in [7, 11) is -1.99. The molecule has 0 spiro atoms. The number of ether oxygens (including phenoxy) is 1. The van der Waals surface area contributed by atoms with Crippen LogP contribution in [0.5, 0.6) is 5.75 Å². The Morgan fingerprint density at radius 3 is 2.37 bits per heavy atom. The summed E-state index contributed by atoms with van der Waals surface area (Å²) >= 11 is 0. The summed E-state index contributed by atoms with van der Waals surface area (Å²) in [5.74, 6) is 0.465. The van der Waals surface area contributed by atoms with E-state index in [4.69, 9.17) is 4.74 Å². The molecule has 6 nitrogen and oxygen atoms in total. The van der Waals surface area contributed by atoms with Gasteiger partial charge in [-0.1, -0.05) is 60.2 Å². The molecule has 1 saturated heterocycles. The van der Waals surface area contributed by atoms with Gasteiger partial charge in [0.05, 0.1) is 18.0 Å². The summed E-state index contributed by atoms with van der Waals surface area (Å²) in [5, 5.41) is 3.17. The predicted molar refractivity (Wildman–Crippen MR) is 137 cm³/mol. The Bertz CT molecular complexity index is 1270. The molecule has 4 rings (SSSR count). The van der Waals surface area contributed by atoms with Gasteiger partial charge in [-0.05, 0) is 61.1 Å². The highest BCUT2D eigenvalue weighted by molar-refractivity contribution is 7.89. The van der Waals surface area contributed by atoms with E-state index in [2.05, 4.69) is 11.4 Å². The van der Waals surface area contributed by atoms with Crippen molar-refractivity contribution in [1.29, 1.82) is 0 Å². The van der Waals surface area contributed by atoms with Crippen molar-refractivity contribution < 1.29 is 17.9 Å². The fourth-order valence-corrected chi connectivity index (χ4v) is 6.09. The number of benzene rings is 3. The molecule has 0 aliphatic carbocycles. The van der Waals surface area contributed by atoms with Gasteiger partial charge in [0.15, 0.2) is 0 Å². The van der Waals surface area contributed by atoms with Crippen molar-refractivity contribution in [3.63, 3.8) is 0 Å². The summed E-state index contributed by atoms with van der Waals surface area (Å²) in [5.41, 5.74) is 3.84. The van der Waals surface area contributed by atoms with Crippen molar-refractivity contribution in [3.05, 3.63) is 95.1 Å². The maximum absolute atomic E-state index is 13.1. The number of sulfonamides is 1. The average molecular weight is 493 g/mol. The van der Waals surface area contributed by atoms with Crippen LogP contribution in [0, 0.1) is 6.92 Å². The zero-order valence-electron chi connectivity index (χ0n) is 20.2. The van der Waals surface area contributed by atoms with Crippen LogP contribution in [-0.4, -0.2) is 38.8 Å². The Kier molecular flexibility index (Phi) is 7.88. The summed E-state index contributed by atoms with van der Waals surface area (Å²) in [6.45, 7) is 3.13. The number of carbonyl (C=O) groups excluding carboxylic acids is 1. The molecule has 35 heavy (non-hydrogen) atoms. The maximum Gasteiger partial charge on any atom is 0.243 e. The Labute approximate surface area is 208 Å². The third-order valence-electron chi connectivity index (χ3n) is 6.39. The Balaban J connectivity index is 1.52. The first-order chi connectivity index (χ1) is 16.9. The molecule has 0 radical (unpaired) electrons. The van der Waals surface area contributed by atoms with Crippen LogP contribution in [0.1, 0.15) is 47.6 Å². The molecule has 3 aromatic carbocycles. The topological polar surface area (TPSA) is 75.7 Å². The van der Waals surface area contributed by atoms with Gasteiger partial charge < -0.3 is 10.1 Å². The third kappa shape index (κ3) is 5.92. The SMILES string of the molecule is COc1ccc(S(=O)(=O)N2CCCC2)cc1CCC(=O)N[C@@H](c1ccccc1)c1cccc(C)c1. The van der Waals surface area contributed by atoms with Crippen LogP contribution >= 0.6 is 0 Å². The second-order valence-electron chi connectivity index (χ2n) is 8.91. The molecule has 7 heteroatoms. The van der Waals surface area contributed by atoms with Gasteiger partial charge in [0.25, 0.3) is 0 Å². The van der Waals surface area contributed by atoms with Crippen LogP contribution < -0.4 is 10.1 Å². The second kappa shape index (κ2) is 11.1. The van der Waals surface area contributed by atoms with Gasteiger partial charge in [-0.15, -0.1) is 0 Å². The smallest absolute Gasteiger partial charge is 0.243 e. The van der Waals surface area contributed by atoms with Crippen molar-refractivity contribution in [2.24, 2.45) is 0 Å². The first-order valence-electron chi connectivity index (χ1n) is 12.0. The van der Waals surface area contributed by atoms with E-state index in [9.17, 15) is 13.2 Å². The predicted octanol–water partition coefficient (Wildman–Crippen LogP) is 4.63. The molecule has 0 unspecified atom stereocenters. The second-order valence-corrected chi connectivity index (χ2v) is 10.8. The lowest BCUT2D eigenvalue weighted by Gasteiger charge is -2.21. The molecule has 1 fully saturated rings. The first kappa shape index (κ1) is 24.9. The zero-order valence-corrected chi connectivity index (χ0v) is 21.1. The maximum atomic E-state index is 13.1. The molecule has 0 saturated carbocycles. The Morgan fingerprint density at radius 1 is 0.971 bits per heavy atom. The standard InChI is InChI=1S/C28H32N2O4S/c1-21-9-8-12-24(19-21)28(22-10-4-3-5-11-22)29-27(31)16-13-23-20-25(14-15-26(23)34-2)35(32,33)30-17-6-7-18-30/h3-5,8-12,14-15,19-20,28H,6-7,13,16-18H2,1-2H3,(H,29,31)/t28-/m0/s1. The molecule has 1 aliphatic heterocycles. The van der Waals surface area contributed by atoms with Gasteiger partial charge in [0.2, 0.25) is 15.9 Å². The van der Waals surface area contributed by atoms with Gasteiger partial charge in [-0.3, -0.25) is 4.79 Å². The van der Waals surface area contributed by atoms with E-state index in [0.29, 0.717) is 30.8 Å². The molecule has 3 aromatic rings. The number of rotatable bonds is 9. The van der Waals surface area contributed by atoms with Gasteiger partial charge in [-0.2, -0.15) is 4.31 Å². The zero-order chi connectivity index (χ0) is 24.8. The number of carbonyl (C=O) groups is 1. The van der Waals surface area contributed by atoms with Crippen LogP contribution in [0.15, 0.2) is 77.7 Å². The van der Waals surface area contributed by atoms with E-state index in [1.54, 1.807) is 25.3 Å². The number of nitrogens with one attached hydrogen (secondary N) is 1. The van der Waals surface area contributed by atoms with E-state index in [0.717, 1.165) is 29.5 Å². The molecular weight excluding hydrogens is 460 g/mol. The van der Waals surface area contributed by atoms with Gasteiger partial charge >= 0.3 is 0 Å². The van der Waals surface area contributed by atoms with Crippen molar-refractivity contribution in [2.75, 3.05) is 20.2 Å². The number of hydrogen-bond acceptors (Lipinski definition) is 4. The van der Waals surface area contributed by atoms with Crippen LogP contribution in [0.3, 0.4) is 0 Å². The summed E-state index contributed by atoms with van der Waals surface area (Å²) in [6, 6.07) is 22.6. The van der Waals surface area contributed by atoms with Crippen molar-refractivity contribution in [1.82, 2.24) is 9.62 Å². The number of amides is 1. The summed E-state index contributed by atoms with van der Waals surface area (Å²) in [4.78, 5) is 13.3. The minimum atomic E-state index is -3.54. The first-order valence-corrected chi connectivity index (χ1v) is 13.4. The van der Waals surface area contributed by atoms with Gasteiger partial charge in [0, 0.05) is 19.5 Å². The van der Waals surface area contributed by atoms with Crippen LogP contribution in [-0.2, 0) is 21.2 Å². The number of methoxy groups -OCH3 is 1. The van der Waals surface area contributed by atoms with Crippen LogP contribution in [0.4, 0.5) is 0 Å². The van der Waals surface area contributed by atoms with Crippen molar-refractivity contribution >= 4 is 15.9 Å². The van der Waals surface area contributed by atoms with E-state index in [1.165, 1.54) is 4.31 Å². The van der Waals surface area contributed by atoms with Crippen molar-refractivity contribution in [2.45, 2.75) is 43.5 Å². The Morgan fingerprint density at radius 2 is 1.69 bits per heavy atom. The number of nitrogens with zero attached hydrogens (tertiary/aromatic N) is 1. The van der Waals surface area contributed by atoms with Gasteiger partial charge in [-0.25, -0.2) is 8.42 Å². The van der Waals surface area contributed by atoms with Crippen molar-refractivity contribution in [3.8, 4) is 5.75 Å². The monoisotopic (exact) mass is 492 g/mol. The fraction of sp³-hybridized carbons (Fsp3) is 0.321. The molecule has 1 atom stereocenters. The lowest BCUT2D eigenvalue weighted by atomic mass is 9.97. The molecular formula is C28H32N2O4S. The lowest BCUT2D eigenvalue weighted by Crippen LogP contribution is -2.29. The molecule has 1 aliphatic rings. The molecule has 184 valence electrons. The van der Waals surface area contributed by atoms with E-state index >= 15 is 0 Å². The highest BCUT2D eigenvalue weighted by Crippen LogP contribution is 2.28. The fourth-order valence-electron chi connectivity index (χ4n) is 4.52. The van der Waals surface area contributed by atoms with Crippen LogP contribution in [0.25, 0.3) is 0 Å². The molecule has 1 amide bonds. The molecule has 1 N–H and O–H groups in total. The highest BCUT2D eigenvalue weighted by atomic mass is 32.2. The molecule has 0 aromatic heterocycles. The minimum Gasteiger partial charge on any atom is -0.496 e. The average Bonchev–Trinajstić information content (AvgIpc) is 3.42. The largest absolute Gasteiger partial charge is 0.496 e. The highest BCUT2D eigenvalue weighted by Gasteiger charge is 2.28. The quantitative estimate of drug-likeness (QED) is 0.473. The number of hydrogen-bond donors (Lipinski definition) is 1. The van der Waals surface area contributed by atoms with Gasteiger partial charge in [0.1, 0.15) is 5.75 Å². The van der Waals surface area contributed by atoms with Crippen LogP contribution in [0.2, 0.25) is 0 Å². The normalized spacial score (nSPS) is 15.0. The molecule has 1 heterocycles. The van der Waals surface area contributed by atoms with E-state index < -0.39 is 10.0 Å². The minimum absolute atomic E-state index is 0.116. The summed E-state index contributed by atoms with van der Waals surface area (Å²) in [6.07, 6.45) is 2.34. The lowest BCUT2D eigenvalue weighted by molar-refractivity contribution is -0.121. The summed E-state index contributed by atoms with van der Waals surface area (Å²) < 4.78 is 33.0.